The molecule has 6 heteroatoms. The summed E-state index contributed by atoms with van der Waals surface area (Å²) in [5.41, 5.74) is 7.67. The Morgan fingerprint density at radius 1 is 0.833 bits per heavy atom. The first kappa shape index (κ1) is 31.1. The van der Waals surface area contributed by atoms with Crippen LogP contribution in [0.2, 0.25) is 19.6 Å². The molecule has 7 aromatic rings. The molecule has 0 bridgehead atoms. The number of aryl methyl sites for hydroxylation is 1. The molecule has 3 nitrogen and oxygen atoms in total. The van der Waals surface area contributed by atoms with Crippen molar-refractivity contribution in [2.75, 3.05) is 0 Å². The summed E-state index contributed by atoms with van der Waals surface area (Å²) in [6.45, 7) is 8.79. The van der Waals surface area contributed by atoms with Gasteiger partial charge in [-0.3, -0.25) is 4.39 Å². The number of nitrogens with zero attached hydrogens (tertiary/aromatic N) is 2. The molecule has 245 valence electrons. The molecule has 0 saturated carbocycles. The third-order valence-corrected chi connectivity index (χ3v) is 10.1. The first-order valence-electron chi connectivity index (χ1n) is 17.3. The number of rotatable bonds is 6. The third-order valence-electron chi connectivity index (χ3n) is 8.04. The van der Waals surface area contributed by atoms with E-state index in [-0.39, 0.29) is 31.2 Å². The van der Waals surface area contributed by atoms with E-state index in [1.807, 2.05) is 73.1 Å². The van der Waals surface area contributed by atoms with Crippen LogP contribution in [0.5, 0.6) is 0 Å². The Hall–Kier alpha value is -4.22. The molecule has 1 radical (unpaired) electrons. The molecule has 3 aromatic heterocycles. The SMILES string of the molecule is [2H]C([2H])([2H])c1c[c-]c(-c2cc(CC(C)C)c([Si](C)(C)C)cn2)c(F)c1.[Ir].[c-]1ccc2c(oc3ccccc32)c1-c1cc(-c2ccccc2)ccn1. The summed E-state index contributed by atoms with van der Waals surface area (Å²) in [4.78, 5) is 9.02. The van der Waals surface area contributed by atoms with Gasteiger partial charge in [0.1, 0.15) is 5.58 Å². The van der Waals surface area contributed by atoms with Gasteiger partial charge in [0.2, 0.25) is 0 Å². The predicted octanol–water partition coefficient (Wildman–Crippen LogP) is 10.9. The molecule has 0 N–H and O–H groups in total. The minimum Gasteiger partial charge on any atom is -0.501 e. The van der Waals surface area contributed by atoms with Crippen molar-refractivity contribution in [1.29, 1.82) is 0 Å². The van der Waals surface area contributed by atoms with Crippen LogP contribution in [0, 0.1) is 30.7 Å². The van der Waals surface area contributed by atoms with E-state index in [0.717, 1.165) is 51.2 Å². The van der Waals surface area contributed by atoms with Crippen molar-refractivity contribution in [3.63, 3.8) is 0 Å². The number of hydrogen-bond acceptors (Lipinski definition) is 3. The Morgan fingerprint density at radius 3 is 2.31 bits per heavy atom. The van der Waals surface area contributed by atoms with E-state index < -0.39 is 20.7 Å². The molecule has 7 rings (SSSR count). The molecule has 3 heterocycles. The van der Waals surface area contributed by atoms with E-state index in [4.69, 9.17) is 8.53 Å². The van der Waals surface area contributed by atoms with E-state index in [1.165, 1.54) is 22.4 Å². The van der Waals surface area contributed by atoms with Crippen LogP contribution < -0.4 is 5.19 Å². The Morgan fingerprint density at radius 2 is 1.58 bits per heavy atom. The van der Waals surface area contributed by atoms with Gasteiger partial charge in [-0.05, 0) is 52.2 Å². The van der Waals surface area contributed by atoms with E-state index in [0.29, 0.717) is 11.6 Å². The Kier molecular flexibility index (Phi) is 9.65. The minimum atomic E-state index is -2.34. The van der Waals surface area contributed by atoms with Crippen LogP contribution in [0.15, 0.2) is 114 Å². The normalized spacial score (nSPS) is 12.5. The standard InChI is InChI=1S/C23H14NO.C19H25FNSi.Ir/c1-2-7-16(8-3-1)17-13-14-24-21(15-17)20-11-6-10-19-18-9-4-5-12-22(18)25-23(19)20;1-13(2)9-15-11-18(21-12-19(15)22(4,5)6)16-8-7-14(3)10-17(16)20;/h1-10,12-15H;7,10-13H,9H2,1-6H3;/q2*-1;/i;3D3;. The molecule has 4 aromatic carbocycles. The zero-order chi connectivity index (χ0) is 35.6. The molecule has 0 aliphatic carbocycles. The fourth-order valence-electron chi connectivity index (χ4n) is 5.84. The predicted molar refractivity (Wildman–Crippen MR) is 196 cm³/mol. The Balaban J connectivity index is 0.000000194. The van der Waals surface area contributed by atoms with Gasteiger partial charge in [0, 0.05) is 47.8 Å². The van der Waals surface area contributed by atoms with Crippen LogP contribution in [0.25, 0.3) is 55.6 Å². The first-order valence-corrected chi connectivity index (χ1v) is 19.3. The van der Waals surface area contributed by atoms with E-state index in [2.05, 4.69) is 79.9 Å². The zero-order valence-electron chi connectivity index (χ0n) is 30.7. The van der Waals surface area contributed by atoms with Gasteiger partial charge in [-0.15, -0.1) is 42.0 Å². The van der Waals surface area contributed by atoms with E-state index in [9.17, 15) is 4.39 Å². The first-order chi connectivity index (χ1) is 23.8. The molecule has 0 atom stereocenters. The van der Waals surface area contributed by atoms with Gasteiger partial charge >= 0.3 is 0 Å². The third kappa shape index (κ3) is 7.73. The molecule has 0 fully saturated rings. The fourth-order valence-corrected chi connectivity index (χ4v) is 7.43. The number of halogens is 1. The van der Waals surface area contributed by atoms with Crippen LogP contribution in [-0.4, -0.2) is 18.0 Å². The van der Waals surface area contributed by atoms with E-state index >= 15 is 0 Å². The summed E-state index contributed by atoms with van der Waals surface area (Å²) in [6, 6.07) is 36.9. The Labute approximate surface area is 301 Å². The van der Waals surface area contributed by atoms with Crippen molar-refractivity contribution in [2.45, 2.75) is 46.8 Å². The number of aromatic nitrogens is 2. The van der Waals surface area contributed by atoms with Gasteiger partial charge in [-0.2, -0.15) is 0 Å². The Bertz CT molecular complexity index is 2280. The number of fused-ring (bicyclic) bond motifs is 3. The van der Waals surface area contributed by atoms with Gasteiger partial charge < -0.3 is 14.4 Å². The van der Waals surface area contributed by atoms with Crippen molar-refractivity contribution in [3.05, 3.63) is 139 Å². The average Bonchev–Trinajstić information content (AvgIpc) is 3.47. The average molecular weight is 830 g/mol. The number of para-hydroxylation sites is 1. The molecule has 0 spiro atoms. The number of furan rings is 1. The van der Waals surface area contributed by atoms with Crippen LogP contribution >= 0.6 is 0 Å². The maximum absolute atomic E-state index is 14.5. The van der Waals surface area contributed by atoms with Crippen molar-refractivity contribution in [3.8, 4) is 33.6 Å². The molecular formula is C42H39FIrN2OSi-2. The largest absolute Gasteiger partial charge is 0.501 e. The smallest absolute Gasteiger partial charge is 0.120 e. The van der Waals surface area contributed by atoms with Gasteiger partial charge in [0.15, 0.2) is 0 Å². The molecule has 0 saturated heterocycles. The van der Waals surface area contributed by atoms with Gasteiger partial charge in [-0.25, -0.2) is 0 Å². The fraction of sp³-hybridized carbons (Fsp3) is 0.190. The summed E-state index contributed by atoms with van der Waals surface area (Å²) >= 11 is 0. The topological polar surface area (TPSA) is 38.9 Å². The maximum atomic E-state index is 14.5. The second-order valence-electron chi connectivity index (χ2n) is 13.2. The van der Waals surface area contributed by atoms with Crippen molar-refractivity contribution < 1.29 is 33.0 Å². The molecule has 0 aliphatic rings. The van der Waals surface area contributed by atoms with Crippen LogP contribution in [0.4, 0.5) is 4.39 Å². The second-order valence-corrected chi connectivity index (χ2v) is 18.2. The zero-order valence-corrected chi connectivity index (χ0v) is 31.1. The van der Waals surface area contributed by atoms with Crippen LogP contribution in [-0.2, 0) is 26.5 Å². The summed E-state index contributed by atoms with van der Waals surface area (Å²) < 4.78 is 42.8. The molecule has 0 unspecified atom stereocenters. The summed E-state index contributed by atoms with van der Waals surface area (Å²) in [7, 11) is -1.56. The van der Waals surface area contributed by atoms with Crippen molar-refractivity contribution >= 4 is 35.2 Å². The van der Waals surface area contributed by atoms with Crippen LogP contribution in [0.3, 0.4) is 0 Å². The minimum absolute atomic E-state index is 0. The summed E-state index contributed by atoms with van der Waals surface area (Å²) in [5, 5.41) is 3.49. The van der Waals surface area contributed by atoms with Crippen molar-refractivity contribution in [1.82, 2.24) is 9.97 Å². The van der Waals surface area contributed by atoms with Gasteiger partial charge in [0.05, 0.1) is 13.7 Å². The quantitative estimate of drug-likeness (QED) is 0.124. The van der Waals surface area contributed by atoms with Gasteiger partial charge in [0.25, 0.3) is 0 Å². The van der Waals surface area contributed by atoms with Crippen molar-refractivity contribution in [2.24, 2.45) is 5.92 Å². The van der Waals surface area contributed by atoms with Gasteiger partial charge in [-0.1, -0.05) is 123 Å². The number of hydrogen-bond donors (Lipinski definition) is 0. The number of benzene rings is 4. The number of pyridine rings is 2. The molecular weight excluding hydrogens is 788 g/mol. The monoisotopic (exact) mass is 830 g/mol. The summed E-state index contributed by atoms with van der Waals surface area (Å²) in [6.07, 6.45) is 4.61. The van der Waals surface area contributed by atoms with Crippen LogP contribution in [0.1, 0.15) is 29.1 Å². The molecule has 48 heavy (non-hydrogen) atoms. The molecule has 0 aliphatic heterocycles. The van der Waals surface area contributed by atoms with E-state index in [1.54, 1.807) is 0 Å². The molecule has 0 amide bonds. The summed E-state index contributed by atoms with van der Waals surface area (Å²) in [5.74, 6) is -0.116. The maximum Gasteiger partial charge on any atom is 0.120 e. The second kappa shape index (κ2) is 14.9.